The Morgan fingerprint density at radius 2 is 1.96 bits per heavy atom. The van der Waals surface area contributed by atoms with Gasteiger partial charge in [-0.05, 0) is 62.9 Å². The fourth-order valence-corrected chi connectivity index (χ4v) is 4.60. The molecule has 28 heavy (non-hydrogen) atoms. The first-order valence-corrected chi connectivity index (χ1v) is 10.7. The minimum Gasteiger partial charge on any atom is -0.332 e. The van der Waals surface area contributed by atoms with Gasteiger partial charge in [0.2, 0.25) is 5.91 Å². The van der Waals surface area contributed by atoms with E-state index in [1.54, 1.807) is 17.5 Å². The Bertz CT molecular complexity index is 1070. The average Bonchev–Trinajstić information content (AvgIpc) is 3.01. The summed E-state index contributed by atoms with van der Waals surface area (Å²) in [4.78, 5) is 22.0. The topological polar surface area (TPSA) is 66.4 Å². The Morgan fingerprint density at radius 3 is 2.64 bits per heavy atom. The molecule has 4 nitrogen and oxygen atoms in total. The summed E-state index contributed by atoms with van der Waals surface area (Å²) in [6.07, 6.45) is 2.32. The summed E-state index contributed by atoms with van der Waals surface area (Å²) in [5.74, 6) is -2.86. The van der Waals surface area contributed by atoms with Crippen molar-refractivity contribution in [1.29, 1.82) is 0 Å². The molecule has 0 fully saturated rings. The number of hydrogen-bond donors (Lipinski definition) is 2. The lowest BCUT2D eigenvalue weighted by molar-refractivity contribution is -0.121. The van der Waals surface area contributed by atoms with Crippen LogP contribution in [0.5, 0.6) is 0 Å². The molecule has 3 aromatic rings. The molecule has 9 heteroatoms. The van der Waals surface area contributed by atoms with Crippen molar-refractivity contribution in [2.24, 2.45) is 0 Å². The molecule has 0 aliphatic carbocycles. The van der Waals surface area contributed by atoms with Gasteiger partial charge in [0.1, 0.15) is 17.6 Å². The normalized spacial score (nSPS) is 13.1. The summed E-state index contributed by atoms with van der Waals surface area (Å²) in [5.41, 5.74) is 0.831. The van der Waals surface area contributed by atoms with E-state index in [1.807, 2.05) is 6.07 Å². The predicted molar refractivity (Wildman–Crippen MR) is 108 cm³/mol. The van der Waals surface area contributed by atoms with Gasteiger partial charge in [0.15, 0.2) is 6.16 Å². The smallest absolute Gasteiger partial charge is 0.332 e. The Balaban J connectivity index is 1.84. The summed E-state index contributed by atoms with van der Waals surface area (Å²) >= 11 is 7.44. The monoisotopic (exact) mass is 440 g/mol. The number of amides is 1. The molecule has 2 aromatic carbocycles. The SMILES string of the molecule is O=C(N/C=C/c1cc(F)cc(F)c1)C(C[P+](=O)O)c1csc2ccc(Cl)cc12. The molecule has 2 N–H and O–H groups in total. The maximum atomic E-state index is 13.2. The van der Waals surface area contributed by atoms with Crippen LogP contribution in [0.2, 0.25) is 5.02 Å². The van der Waals surface area contributed by atoms with Crippen LogP contribution in [-0.2, 0) is 9.36 Å². The first-order chi connectivity index (χ1) is 13.3. The first-order valence-electron chi connectivity index (χ1n) is 8.06. The maximum absolute atomic E-state index is 13.2. The van der Waals surface area contributed by atoms with E-state index >= 15 is 0 Å². The highest BCUT2D eigenvalue weighted by Crippen LogP contribution is 2.36. The van der Waals surface area contributed by atoms with Crippen molar-refractivity contribution in [3.05, 3.63) is 75.8 Å². The van der Waals surface area contributed by atoms with Gasteiger partial charge in [-0.15, -0.1) is 11.3 Å². The highest BCUT2D eigenvalue weighted by molar-refractivity contribution is 7.38. The molecule has 3 rings (SSSR count). The maximum Gasteiger partial charge on any atom is 0.506 e. The van der Waals surface area contributed by atoms with E-state index in [-0.39, 0.29) is 11.7 Å². The molecular formula is C19H14ClF2NO3PS+. The van der Waals surface area contributed by atoms with Crippen LogP contribution in [0.3, 0.4) is 0 Å². The first kappa shape index (κ1) is 20.6. The number of carbonyl (C=O) groups excluding carboxylic acids is 1. The highest BCUT2D eigenvalue weighted by atomic mass is 35.5. The molecule has 2 atom stereocenters. The van der Waals surface area contributed by atoms with Crippen LogP contribution in [0.1, 0.15) is 17.0 Å². The summed E-state index contributed by atoms with van der Waals surface area (Å²) in [6, 6.07) is 8.23. The van der Waals surface area contributed by atoms with Gasteiger partial charge in [-0.25, -0.2) is 8.78 Å². The molecule has 0 spiro atoms. The molecule has 0 aliphatic rings. The van der Waals surface area contributed by atoms with Gasteiger partial charge in [0.05, 0.1) is 0 Å². The zero-order valence-electron chi connectivity index (χ0n) is 14.2. The molecule has 2 unspecified atom stereocenters. The second kappa shape index (κ2) is 8.88. The Kier molecular flexibility index (Phi) is 6.52. The van der Waals surface area contributed by atoms with E-state index in [2.05, 4.69) is 5.32 Å². The lowest BCUT2D eigenvalue weighted by Crippen LogP contribution is -2.26. The van der Waals surface area contributed by atoms with Crippen LogP contribution in [0.15, 0.2) is 48.0 Å². The predicted octanol–water partition coefficient (Wildman–Crippen LogP) is 5.44. The third-order valence-electron chi connectivity index (χ3n) is 3.98. The molecule has 1 aromatic heterocycles. The minimum absolute atomic E-state index is 0.232. The number of halogens is 3. The van der Waals surface area contributed by atoms with Gasteiger partial charge < -0.3 is 5.32 Å². The number of thiophene rings is 1. The number of rotatable bonds is 6. The third-order valence-corrected chi connectivity index (χ3v) is 5.88. The zero-order valence-corrected chi connectivity index (χ0v) is 16.7. The van der Waals surface area contributed by atoms with Gasteiger partial charge >= 0.3 is 8.03 Å². The van der Waals surface area contributed by atoms with E-state index < -0.39 is 31.5 Å². The van der Waals surface area contributed by atoms with Crippen molar-refractivity contribution >= 4 is 53.0 Å². The third kappa shape index (κ3) is 5.00. The van der Waals surface area contributed by atoms with Gasteiger partial charge in [0, 0.05) is 22.0 Å². The van der Waals surface area contributed by atoms with Crippen LogP contribution in [0.4, 0.5) is 8.78 Å². The quantitative estimate of drug-likeness (QED) is 0.502. The van der Waals surface area contributed by atoms with Crippen molar-refractivity contribution in [2.75, 3.05) is 6.16 Å². The summed E-state index contributed by atoms with van der Waals surface area (Å²) in [6.45, 7) is 0. The molecule has 0 saturated heterocycles. The molecule has 144 valence electrons. The van der Waals surface area contributed by atoms with Gasteiger partial charge in [0.25, 0.3) is 0 Å². The molecular weight excluding hydrogens is 427 g/mol. The molecule has 0 saturated carbocycles. The highest BCUT2D eigenvalue weighted by Gasteiger charge is 2.31. The van der Waals surface area contributed by atoms with E-state index in [1.165, 1.54) is 23.6 Å². The second-order valence-corrected chi connectivity index (χ2v) is 8.38. The zero-order chi connectivity index (χ0) is 20.3. The van der Waals surface area contributed by atoms with Crippen molar-refractivity contribution in [3.63, 3.8) is 0 Å². The van der Waals surface area contributed by atoms with Crippen LogP contribution in [0, 0.1) is 11.6 Å². The number of carbonyl (C=O) groups is 1. The molecule has 1 heterocycles. The van der Waals surface area contributed by atoms with Crippen molar-refractivity contribution < 1.29 is 23.0 Å². The van der Waals surface area contributed by atoms with Gasteiger partial charge in [-0.2, -0.15) is 4.89 Å². The van der Waals surface area contributed by atoms with Crippen LogP contribution < -0.4 is 5.32 Å². The molecule has 0 bridgehead atoms. The van der Waals surface area contributed by atoms with Crippen molar-refractivity contribution in [3.8, 4) is 0 Å². The van der Waals surface area contributed by atoms with Crippen LogP contribution in [-0.4, -0.2) is 17.0 Å². The standard InChI is InChI=1S/C19H13ClF2NO3PS/c20-12-1-2-18-15(7-12)17(10-28-18)16(9-27(25)26)19(24)23-4-3-11-5-13(21)8-14(22)6-11/h1-8,10,16H,9H2,(H-,23,24,25,26)/p+1/b4-3+. The lowest BCUT2D eigenvalue weighted by atomic mass is 9.99. The van der Waals surface area contributed by atoms with Gasteiger partial charge in [-0.1, -0.05) is 11.6 Å². The van der Waals surface area contributed by atoms with Crippen molar-refractivity contribution in [1.82, 2.24) is 5.32 Å². The van der Waals surface area contributed by atoms with Crippen LogP contribution in [0.25, 0.3) is 16.2 Å². The van der Waals surface area contributed by atoms with Crippen molar-refractivity contribution in [2.45, 2.75) is 5.92 Å². The Labute approximate surface area is 169 Å². The lowest BCUT2D eigenvalue weighted by Gasteiger charge is -2.10. The Hall–Kier alpha value is -2.18. The molecule has 0 aliphatic heterocycles. The summed E-state index contributed by atoms with van der Waals surface area (Å²) < 4.78 is 38.8. The van der Waals surface area contributed by atoms with E-state index in [0.29, 0.717) is 10.6 Å². The fourth-order valence-electron chi connectivity index (χ4n) is 2.76. The number of benzene rings is 2. The van der Waals surface area contributed by atoms with Gasteiger partial charge in [-0.3, -0.25) is 4.79 Å². The average molecular weight is 441 g/mol. The summed E-state index contributed by atoms with van der Waals surface area (Å²) in [7, 11) is -2.57. The number of fused-ring (bicyclic) bond motifs is 1. The minimum atomic E-state index is -2.57. The van der Waals surface area contributed by atoms with E-state index in [0.717, 1.165) is 28.3 Å². The molecule has 0 radical (unpaired) electrons. The number of hydrogen-bond acceptors (Lipinski definition) is 3. The second-order valence-electron chi connectivity index (χ2n) is 5.96. The Morgan fingerprint density at radius 1 is 1.25 bits per heavy atom. The van der Waals surface area contributed by atoms with Crippen LogP contribution >= 0.6 is 31.0 Å². The van der Waals surface area contributed by atoms with E-state index in [4.69, 9.17) is 11.6 Å². The summed E-state index contributed by atoms with van der Waals surface area (Å²) in [5, 5.41) is 5.51. The number of nitrogens with one attached hydrogen (secondary N) is 1. The fraction of sp³-hybridized carbons (Fsp3) is 0.105. The van der Waals surface area contributed by atoms with E-state index in [9.17, 15) is 23.0 Å². The largest absolute Gasteiger partial charge is 0.506 e. The molecule has 1 amide bonds.